The summed E-state index contributed by atoms with van der Waals surface area (Å²) in [6.45, 7) is 2.03. The lowest BCUT2D eigenvalue weighted by molar-refractivity contribution is -0.131. The van der Waals surface area contributed by atoms with Gasteiger partial charge >= 0.3 is 5.97 Å². The monoisotopic (exact) mass is 212 g/mol. The Morgan fingerprint density at radius 2 is 1.88 bits per heavy atom. The minimum absolute atomic E-state index is 0.925. The minimum Gasteiger partial charge on any atom is -0.478 e. The summed E-state index contributed by atoms with van der Waals surface area (Å²) in [5.74, 6) is -0.925. The Hall–Kier alpha value is -2.09. The standard InChI is InChI=1S/C14H12O2/c1-10-4-2-5-11-6-3-7-12(14(10)11)8-9-13(15)16/h2-9H,1H3,(H,15,16)/b9-8+. The van der Waals surface area contributed by atoms with Gasteiger partial charge in [0.2, 0.25) is 0 Å². The molecule has 0 aliphatic rings. The zero-order chi connectivity index (χ0) is 11.5. The lowest BCUT2D eigenvalue weighted by atomic mass is 10.00. The highest BCUT2D eigenvalue weighted by Crippen LogP contribution is 2.23. The number of hydrogen-bond acceptors (Lipinski definition) is 1. The van der Waals surface area contributed by atoms with E-state index in [0.29, 0.717) is 0 Å². The molecule has 0 spiro atoms. The minimum atomic E-state index is -0.925. The van der Waals surface area contributed by atoms with Crippen LogP contribution in [0.25, 0.3) is 16.8 Å². The lowest BCUT2D eigenvalue weighted by Gasteiger charge is -2.05. The molecule has 2 rings (SSSR count). The van der Waals surface area contributed by atoms with Gasteiger partial charge in [0.15, 0.2) is 0 Å². The summed E-state index contributed by atoms with van der Waals surface area (Å²) in [6.07, 6.45) is 2.80. The van der Waals surface area contributed by atoms with E-state index < -0.39 is 5.97 Å². The van der Waals surface area contributed by atoms with E-state index in [2.05, 4.69) is 0 Å². The fraction of sp³-hybridized carbons (Fsp3) is 0.0714. The molecule has 0 fully saturated rings. The molecule has 0 radical (unpaired) electrons. The van der Waals surface area contributed by atoms with Crippen LogP contribution in [0.15, 0.2) is 42.5 Å². The molecule has 0 aromatic heterocycles. The molecule has 0 aliphatic carbocycles. The molecular formula is C14H12O2. The Morgan fingerprint density at radius 3 is 2.56 bits per heavy atom. The third-order valence-electron chi connectivity index (χ3n) is 2.55. The molecule has 2 aromatic rings. The van der Waals surface area contributed by atoms with Crippen molar-refractivity contribution in [3.63, 3.8) is 0 Å². The van der Waals surface area contributed by atoms with Crippen molar-refractivity contribution >= 4 is 22.8 Å². The molecule has 80 valence electrons. The summed E-state index contributed by atoms with van der Waals surface area (Å²) in [5.41, 5.74) is 2.10. The van der Waals surface area contributed by atoms with Crippen LogP contribution in [0.1, 0.15) is 11.1 Å². The van der Waals surface area contributed by atoms with E-state index in [1.165, 1.54) is 6.08 Å². The van der Waals surface area contributed by atoms with Crippen molar-refractivity contribution < 1.29 is 9.90 Å². The highest BCUT2D eigenvalue weighted by atomic mass is 16.4. The highest BCUT2D eigenvalue weighted by Gasteiger charge is 2.00. The van der Waals surface area contributed by atoms with E-state index >= 15 is 0 Å². The molecule has 2 heteroatoms. The van der Waals surface area contributed by atoms with Gasteiger partial charge in [-0.15, -0.1) is 0 Å². The summed E-state index contributed by atoms with van der Waals surface area (Å²) >= 11 is 0. The second kappa shape index (κ2) is 4.19. The van der Waals surface area contributed by atoms with Gasteiger partial charge in [-0.1, -0.05) is 36.4 Å². The normalized spacial score (nSPS) is 11.1. The van der Waals surface area contributed by atoms with Gasteiger partial charge < -0.3 is 5.11 Å². The number of carbonyl (C=O) groups is 1. The second-order valence-corrected chi connectivity index (χ2v) is 3.69. The van der Waals surface area contributed by atoms with Crippen LogP contribution in [0.5, 0.6) is 0 Å². The maximum Gasteiger partial charge on any atom is 0.328 e. The predicted octanol–water partition coefficient (Wildman–Crippen LogP) is 3.25. The molecule has 0 unspecified atom stereocenters. The second-order valence-electron chi connectivity index (χ2n) is 3.69. The van der Waals surface area contributed by atoms with Crippen molar-refractivity contribution in [1.82, 2.24) is 0 Å². The van der Waals surface area contributed by atoms with Crippen LogP contribution in [0.3, 0.4) is 0 Å². The van der Waals surface area contributed by atoms with E-state index in [4.69, 9.17) is 5.11 Å². The number of carboxylic acid groups (broad SMARTS) is 1. The number of fused-ring (bicyclic) bond motifs is 1. The number of benzene rings is 2. The summed E-state index contributed by atoms with van der Waals surface area (Å²) in [6, 6.07) is 11.9. The molecule has 0 amide bonds. The summed E-state index contributed by atoms with van der Waals surface area (Å²) in [4.78, 5) is 10.5. The van der Waals surface area contributed by atoms with Crippen LogP contribution >= 0.6 is 0 Å². The molecule has 0 aliphatic heterocycles. The van der Waals surface area contributed by atoms with Crippen LogP contribution in [0.4, 0.5) is 0 Å². The first-order chi connectivity index (χ1) is 7.68. The van der Waals surface area contributed by atoms with Crippen LogP contribution in [0, 0.1) is 6.92 Å². The Balaban J connectivity index is 2.65. The van der Waals surface area contributed by atoms with Gasteiger partial charge in [0.1, 0.15) is 0 Å². The fourth-order valence-corrected chi connectivity index (χ4v) is 1.86. The van der Waals surface area contributed by atoms with Gasteiger partial charge in [-0.05, 0) is 34.9 Å². The number of aliphatic carboxylic acids is 1. The van der Waals surface area contributed by atoms with Gasteiger partial charge in [0.25, 0.3) is 0 Å². The Kier molecular flexibility index (Phi) is 2.73. The highest BCUT2D eigenvalue weighted by molar-refractivity contribution is 5.96. The first-order valence-electron chi connectivity index (χ1n) is 5.08. The topological polar surface area (TPSA) is 37.3 Å². The van der Waals surface area contributed by atoms with Crippen molar-refractivity contribution in [1.29, 1.82) is 0 Å². The quantitative estimate of drug-likeness (QED) is 0.776. The van der Waals surface area contributed by atoms with Crippen LogP contribution < -0.4 is 0 Å². The molecule has 2 nitrogen and oxygen atoms in total. The zero-order valence-corrected chi connectivity index (χ0v) is 8.97. The Morgan fingerprint density at radius 1 is 1.19 bits per heavy atom. The maximum atomic E-state index is 10.5. The third kappa shape index (κ3) is 1.96. The Bertz CT molecular complexity index is 563. The SMILES string of the molecule is Cc1cccc2cccc(/C=C/C(=O)O)c12. The van der Waals surface area contributed by atoms with Gasteiger partial charge in [0.05, 0.1) is 0 Å². The fourth-order valence-electron chi connectivity index (χ4n) is 1.86. The molecule has 16 heavy (non-hydrogen) atoms. The smallest absolute Gasteiger partial charge is 0.328 e. The van der Waals surface area contributed by atoms with Crippen LogP contribution in [-0.2, 0) is 4.79 Å². The number of rotatable bonds is 2. The first kappa shape index (κ1) is 10.4. The average Bonchev–Trinajstić information content (AvgIpc) is 2.26. The zero-order valence-electron chi connectivity index (χ0n) is 8.97. The van der Waals surface area contributed by atoms with Gasteiger partial charge in [-0.25, -0.2) is 4.79 Å². The van der Waals surface area contributed by atoms with E-state index in [-0.39, 0.29) is 0 Å². The van der Waals surface area contributed by atoms with Crippen LogP contribution in [-0.4, -0.2) is 11.1 Å². The largest absolute Gasteiger partial charge is 0.478 e. The number of hydrogen-bond donors (Lipinski definition) is 1. The summed E-state index contributed by atoms with van der Waals surface area (Å²) in [7, 11) is 0. The number of carboxylic acids is 1. The maximum absolute atomic E-state index is 10.5. The lowest BCUT2D eigenvalue weighted by Crippen LogP contribution is -1.87. The number of aryl methyl sites for hydroxylation is 1. The van der Waals surface area contributed by atoms with Gasteiger partial charge in [0, 0.05) is 6.08 Å². The molecule has 0 saturated heterocycles. The average molecular weight is 212 g/mol. The van der Waals surface area contributed by atoms with Crippen molar-refractivity contribution in [2.45, 2.75) is 6.92 Å². The predicted molar refractivity (Wildman–Crippen MR) is 65.4 cm³/mol. The first-order valence-corrected chi connectivity index (χ1v) is 5.08. The van der Waals surface area contributed by atoms with Crippen molar-refractivity contribution in [2.24, 2.45) is 0 Å². The molecular weight excluding hydrogens is 200 g/mol. The van der Waals surface area contributed by atoms with Gasteiger partial charge in [-0.3, -0.25) is 0 Å². The summed E-state index contributed by atoms with van der Waals surface area (Å²) < 4.78 is 0. The van der Waals surface area contributed by atoms with E-state index in [1.54, 1.807) is 6.08 Å². The molecule has 0 bridgehead atoms. The molecule has 1 N–H and O–H groups in total. The summed E-state index contributed by atoms with van der Waals surface area (Å²) in [5, 5.41) is 10.9. The van der Waals surface area contributed by atoms with E-state index in [1.807, 2.05) is 43.3 Å². The third-order valence-corrected chi connectivity index (χ3v) is 2.55. The molecule has 2 aromatic carbocycles. The van der Waals surface area contributed by atoms with Gasteiger partial charge in [-0.2, -0.15) is 0 Å². The van der Waals surface area contributed by atoms with Crippen LogP contribution in [0.2, 0.25) is 0 Å². The van der Waals surface area contributed by atoms with Crippen molar-refractivity contribution in [3.05, 3.63) is 53.6 Å². The Labute approximate surface area is 93.8 Å². The van der Waals surface area contributed by atoms with E-state index in [9.17, 15) is 4.79 Å². The van der Waals surface area contributed by atoms with Crippen molar-refractivity contribution in [3.8, 4) is 0 Å². The molecule has 0 heterocycles. The van der Waals surface area contributed by atoms with E-state index in [0.717, 1.165) is 21.9 Å². The molecule has 0 atom stereocenters. The molecule has 0 saturated carbocycles. The van der Waals surface area contributed by atoms with Crippen molar-refractivity contribution in [2.75, 3.05) is 0 Å².